The molecule has 1 aromatic rings. The van der Waals surface area contributed by atoms with Crippen LogP contribution in [0.5, 0.6) is 11.5 Å². The molecule has 0 aromatic heterocycles. The summed E-state index contributed by atoms with van der Waals surface area (Å²) < 4.78 is 11.7. The minimum absolute atomic E-state index is 0.197. The number of nitrogens with two attached hydrogens (primary N) is 1. The van der Waals surface area contributed by atoms with Crippen LogP contribution in [0.15, 0.2) is 18.2 Å². The van der Waals surface area contributed by atoms with Gasteiger partial charge in [0.2, 0.25) is 0 Å². The first kappa shape index (κ1) is 12.8. The van der Waals surface area contributed by atoms with Crippen LogP contribution in [-0.2, 0) is 5.54 Å². The first-order valence-corrected chi connectivity index (χ1v) is 6.94. The lowest BCUT2D eigenvalue weighted by molar-refractivity contribution is 0.198. The Morgan fingerprint density at radius 2 is 2.16 bits per heavy atom. The Labute approximate surface area is 114 Å². The van der Waals surface area contributed by atoms with E-state index in [1.165, 1.54) is 0 Å². The number of ether oxygens (including phenoxy) is 2. The molecule has 1 saturated heterocycles. The van der Waals surface area contributed by atoms with E-state index in [0.717, 1.165) is 49.4 Å². The highest BCUT2D eigenvalue weighted by Gasteiger charge is 2.43. The zero-order chi connectivity index (χ0) is 13.5. The summed E-state index contributed by atoms with van der Waals surface area (Å²) in [4.78, 5) is 2.28. The van der Waals surface area contributed by atoms with Crippen molar-refractivity contribution >= 4 is 0 Å². The van der Waals surface area contributed by atoms with E-state index in [4.69, 9.17) is 15.2 Å². The van der Waals surface area contributed by atoms with Gasteiger partial charge in [0.15, 0.2) is 11.5 Å². The summed E-state index contributed by atoms with van der Waals surface area (Å²) >= 11 is 0. The molecular formula is C15H22N2O2. The molecule has 2 N–H and O–H groups in total. The second-order valence-electron chi connectivity index (χ2n) is 5.78. The first-order valence-electron chi connectivity index (χ1n) is 6.94. The first-order chi connectivity index (χ1) is 9.12. The van der Waals surface area contributed by atoms with Crippen LogP contribution >= 0.6 is 0 Å². The Morgan fingerprint density at radius 3 is 2.74 bits per heavy atom. The SMILES string of the molecule is COc1c(OC2CCN(C)C2)cccc1C1(N)CC1. The van der Waals surface area contributed by atoms with Gasteiger partial charge in [0, 0.05) is 24.2 Å². The summed E-state index contributed by atoms with van der Waals surface area (Å²) in [5.74, 6) is 1.65. The molecule has 0 bridgehead atoms. The number of likely N-dealkylation sites (N-methyl/N-ethyl adjacent to an activating group) is 1. The van der Waals surface area contributed by atoms with Crippen molar-refractivity contribution in [1.82, 2.24) is 4.90 Å². The summed E-state index contributed by atoms with van der Waals surface area (Å²) in [6.07, 6.45) is 3.37. The maximum Gasteiger partial charge on any atom is 0.165 e. The molecule has 19 heavy (non-hydrogen) atoms. The summed E-state index contributed by atoms with van der Waals surface area (Å²) in [7, 11) is 3.81. The molecule has 1 heterocycles. The van der Waals surface area contributed by atoms with Crippen LogP contribution in [0.3, 0.4) is 0 Å². The Bertz CT molecular complexity index is 471. The van der Waals surface area contributed by atoms with Crippen LogP contribution in [0.4, 0.5) is 0 Å². The van der Waals surface area contributed by atoms with E-state index < -0.39 is 0 Å². The molecular weight excluding hydrogens is 240 g/mol. The van der Waals surface area contributed by atoms with Crippen molar-refractivity contribution < 1.29 is 9.47 Å². The van der Waals surface area contributed by atoms with Crippen LogP contribution in [0.25, 0.3) is 0 Å². The number of benzene rings is 1. The van der Waals surface area contributed by atoms with Gasteiger partial charge in [-0.15, -0.1) is 0 Å². The third-order valence-corrected chi connectivity index (χ3v) is 4.15. The molecule has 4 heteroatoms. The molecule has 1 unspecified atom stereocenters. The van der Waals surface area contributed by atoms with Crippen molar-refractivity contribution in [1.29, 1.82) is 0 Å². The maximum atomic E-state index is 6.30. The average molecular weight is 262 g/mol. The van der Waals surface area contributed by atoms with Gasteiger partial charge in [-0.1, -0.05) is 12.1 Å². The Balaban J connectivity index is 1.84. The predicted octanol–water partition coefficient (Wildman–Crippen LogP) is 1.73. The summed E-state index contributed by atoms with van der Waals surface area (Å²) in [6.45, 7) is 2.06. The number of likely N-dealkylation sites (tertiary alicyclic amines) is 1. The third kappa shape index (κ3) is 2.42. The number of hydrogen-bond donors (Lipinski definition) is 1. The van der Waals surface area contributed by atoms with E-state index >= 15 is 0 Å². The van der Waals surface area contributed by atoms with Gasteiger partial charge in [0.05, 0.1) is 7.11 Å². The number of para-hydroxylation sites is 1. The molecule has 1 aliphatic carbocycles. The fourth-order valence-corrected chi connectivity index (χ4v) is 2.79. The predicted molar refractivity (Wildman–Crippen MR) is 74.6 cm³/mol. The highest BCUT2D eigenvalue weighted by atomic mass is 16.5. The van der Waals surface area contributed by atoms with Crippen molar-refractivity contribution in [3.63, 3.8) is 0 Å². The van der Waals surface area contributed by atoms with Crippen molar-refractivity contribution in [2.24, 2.45) is 5.73 Å². The second-order valence-corrected chi connectivity index (χ2v) is 5.78. The molecule has 1 aromatic carbocycles. The lowest BCUT2D eigenvalue weighted by Gasteiger charge is -2.20. The van der Waals surface area contributed by atoms with Crippen molar-refractivity contribution in [2.75, 3.05) is 27.2 Å². The van der Waals surface area contributed by atoms with E-state index in [2.05, 4.69) is 18.0 Å². The normalized spacial score (nSPS) is 25.3. The summed E-state index contributed by atoms with van der Waals surface area (Å²) in [6, 6.07) is 6.05. The molecule has 1 atom stereocenters. The molecule has 3 rings (SSSR count). The van der Waals surface area contributed by atoms with Crippen LogP contribution in [-0.4, -0.2) is 38.3 Å². The summed E-state index contributed by atoms with van der Waals surface area (Å²) in [5, 5.41) is 0. The molecule has 0 radical (unpaired) electrons. The van der Waals surface area contributed by atoms with Gasteiger partial charge in [-0.25, -0.2) is 0 Å². The Kier molecular flexibility index (Phi) is 3.15. The van der Waals surface area contributed by atoms with Crippen molar-refractivity contribution in [2.45, 2.75) is 30.9 Å². The van der Waals surface area contributed by atoms with Gasteiger partial charge >= 0.3 is 0 Å². The van der Waals surface area contributed by atoms with Crippen molar-refractivity contribution in [3.05, 3.63) is 23.8 Å². The van der Waals surface area contributed by atoms with Crippen LogP contribution in [0.1, 0.15) is 24.8 Å². The smallest absolute Gasteiger partial charge is 0.165 e. The molecule has 104 valence electrons. The third-order valence-electron chi connectivity index (χ3n) is 4.15. The Morgan fingerprint density at radius 1 is 1.37 bits per heavy atom. The zero-order valence-corrected chi connectivity index (χ0v) is 11.7. The minimum atomic E-state index is -0.197. The summed E-state index contributed by atoms with van der Waals surface area (Å²) in [5.41, 5.74) is 7.18. The fraction of sp³-hybridized carbons (Fsp3) is 0.600. The van der Waals surface area contributed by atoms with Gasteiger partial charge in [-0.3, -0.25) is 0 Å². The van der Waals surface area contributed by atoms with E-state index in [1.807, 2.05) is 12.1 Å². The molecule has 4 nitrogen and oxygen atoms in total. The van der Waals surface area contributed by atoms with Gasteiger partial charge < -0.3 is 20.1 Å². The largest absolute Gasteiger partial charge is 0.493 e. The molecule has 1 saturated carbocycles. The second kappa shape index (κ2) is 4.69. The highest BCUT2D eigenvalue weighted by molar-refractivity contribution is 5.51. The monoisotopic (exact) mass is 262 g/mol. The number of nitrogens with zero attached hydrogens (tertiary/aromatic N) is 1. The lowest BCUT2D eigenvalue weighted by Crippen LogP contribution is -2.23. The van der Waals surface area contributed by atoms with E-state index in [0.29, 0.717) is 0 Å². The molecule has 0 amide bonds. The number of methoxy groups -OCH3 is 1. The minimum Gasteiger partial charge on any atom is -0.493 e. The lowest BCUT2D eigenvalue weighted by atomic mass is 10.0. The standard InChI is InChI=1S/C15H22N2O2/c1-17-9-6-11(10-17)19-13-5-3-4-12(14(13)18-2)15(16)7-8-15/h3-5,11H,6-10,16H2,1-2H3. The molecule has 2 aliphatic rings. The topological polar surface area (TPSA) is 47.7 Å². The van der Waals surface area contributed by atoms with E-state index in [1.54, 1.807) is 7.11 Å². The zero-order valence-electron chi connectivity index (χ0n) is 11.7. The Hall–Kier alpha value is -1.26. The molecule has 2 fully saturated rings. The maximum absolute atomic E-state index is 6.30. The van der Waals surface area contributed by atoms with Gasteiger partial charge in [-0.05, 0) is 32.4 Å². The van der Waals surface area contributed by atoms with Crippen LogP contribution in [0.2, 0.25) is 0 Å². The molecule has 1 aliphatic heterocycles. The highest BCUT2D eigenvalue weighted by Crippen LogP contribution is 2.49. The van der Waals surface area contributed by atoms with Gasteiger partial charge in [-0.2, -0.15) is 0 Å². The van der Waals surface area contributed by atoms with Gasteiger partial charge in [0.1, 0.15) is 6.10 Å². The average Bonchev–Trinajstić information content (AvgIpc) is 3.02. The number of rotatable bonds is 4. The fourth-order valence-electron chi connectivity index (χ4n) is 2.79. The van der Waals surface area contributed by atoms with Crippen molar-refractivity contribution in [3.8, 4) is 11.5 Å². The van der Waals surface area contributed by atoms with Crippen LogP contribution in [0, 0.1) is 0 Å². The van der Waals surface area contributed by atoms with Crippen LogP contribution < -0.4 is 15.2 Å². The quantitative estimate of drug-likeness (QED) is 0.897. The number of hydrogen-bond acceptors (Lipinski definition) is 4. The van der Waals surface area contributed by atoms with E-state index in [9.17, 15) is 0 Å². The molecule has 0 spiro atoms. The van der Waals surface area contributed by atoms with Gasteiger partial charge in [0.25, 0.3) is 0 Å². The van der Waals surface area contributed by atoms with E-state index in [-0.39, 0.29) is 11.6 Å².